The van der Waals surface area contributed by atoms with Crippen molar-refractivity contribution in [1.82, 2.24) is 4.90 Å². The summed E-state index contributed by atoms with van der Waals surface area (Å²) in [4.78, 5) is 2.52. The van der Waals surface area contributed by atoms with E-state index in [-0.39, 0.29) is 0 Å². The summed E-state index contributed by atoms with van der Waals surface area (Å²) in [5.74, 6) is 0. The number of nitrogens with zero attached hydrogens (tertiary/aromatic N) is 1. The normalized spacial score (nSPS) is 26.0. The summed E-state index contributed by atoms with van der Waals surface area (Å²) in [6.45, 7) is 8.93. The molecule has 0 amide bonds. The first-order valence-corrected chi connectivity index (χ1v) is 5.20. The van der Waals surface area contributed by atoms with E-state index >= 15 is 0 Å². The SMILES string of the molecule is CCC[C@H]1CN(CCC)CCO1. The van der Waals surface area contributed by atoms with Crippen LogP contribution in [0.2, 0.25) is 0 Å². The minimum Gasteiger partial charge on any atom is -0.376 e. The van der Waals surface area contributed by atoms with Gasteiger partial charge in [-0.2, -0.15) is 0 Å². The average Bonchev–Trinajstić information content (AvgIpc) is 2.06. The van der Waals surface area contributed by atoms with Crippen molar-refractivity contribution in [2.45, 2.75) is 39.2 Å². The third-order valence-corrected chi connectivity index (χ3v) is 2.37. The summed E-state index contributed by atoms with van der Waals surface area (Å²) in [6, 6.07) is 0. The van der Waals surface area contributed by atoms with Gasteiger partial charge in [-0.15, -0.1) is 0 Å². The Kier molecular flexibility index (Phi) is 4.62. The minimum absolute atomic E-state index is 0.510. The van der Waals surface area contributed by atoms with Crippen molar-refractivity contribution in [1.29, 1.82) is 0 Å². The predicted octanol–water partition coefficient (Wildman–Crippen LogP) is 1.90. The fourth-order valence-corrected chi connectivity index (χ4v) is 1.80. The van der Waals surface area contributed by atoms with Crippen LogP contribution in [0.1, 0.15) is 33.1 Å². The van der Waals surface area contributed by atoms with Crippen molar-refractivity contribution in [2.75, 3.05) is 26.2 Å². The molecule has 72 valence electrons. The Labute approximate surface area is 75.9 Å². The minimum atomic E-state index is 0.510. The van der Waals surface area contributed by atoms with E-state index in [1.807, 2.05) is 0 Å². The highest BCUT2D eigenvalue weighted by Gasteiger charge is 2.18. The Balaban J connectivity index is 2.20. The lowest BCUT2D eigenvalue weighted by atomic mass is 10.1. The molecule has 0 radical (unpaired) electrons. The van der Waals surface area contributed by atoms with Crippen molar-refractivity contribution in [3.63, 3.8) is 0 Å². The first-order valence-electron chi connectivity index (χ1n) is 5.20. The summed E-state index contributed by atoms with van der Waals surface area (Å²) in [6.07, 6.45) is 4.24. The molecule has 0 spiro atoms. The van der Waals surface area contributed by atoms with Crippen molar-refractivity contribution in [3.8, 4) is 0 Å². The summed E-state index contributed by atoms with van der Waals surface area (Å²) in [5, 5.41) is 0. The van der Waals surface area contributed by atoms with E-state index in [1.165, 1.54) is 25.8 Å². The maximum absolute atomic E-state index is 5.65. The fraction of sp³-hybridized carbons (Fsp3) is 1.00. The van der Waals surface area contributed by atoms with Crippen LogP contribution in [-0.4, -0.2) is 37.2 Å². The second-order valence-corrected chi connectivity index (χ2v) is 3.58. The van der Waals surface area contributed by atoms with Gasteiger partial charge in [-0.1, -0.05) is 20.3 Å². The largest absolute Gasteiger partial charge is 0.376 e. The van der Waals surface area contributed by atoms with Crippen LogP contribution >= 0.6 is 0 Å². The third kappa shape index (κ3) is 3.11. The summed E-state index contributed by atoms with van der Waals surface area (Å²) in [7, 11) is 0. The van der Waals surface area contributed by atoms with Crippen LogP contribution in [0.4, 0.5) is 0 Å². The van der Waals surface area contributed by atoms with Crippen LogP contribution < -0.4 is 0 Å². The van der Waals surface area contributed by atoms with Crippen LogP contribution in [0, 0.1) is 0 Å². The second-order valence-electron chi connectivity index (χ2n) is 3.58. The molecule has 1 heterocycles. The van der Waals surface area contributed by atoms with E-state index in [1.54, 1.807) is 0 Å². The van der Waals surface area contributed by atoms with Gasteiger partial charge in [0, 0.05) is 13.1 Å². The number of morpholine rings is 1. The smallest absolute Gasteiger partial charge is 0.0702 e. The van der Waals surface area contributed by atoms with Crippen molar-refractivity contribution in [2.24, 2.45) is 0 Å². The van der Waals surface area contributed by atoms with E-state index in [0.29, 0.717) is 6.10 Å². The van der Waals surface area contributed by atoms with Gasteiger partial charge < -0.3 is 4.74 Å². The highest BCUT2D eigenvalue weighted by Crippen LogP contribution is 2.10. The third-order valence-electron chi connectivity index (χ3n) is 2.37. The molecule has 0 bridgehead atoms. The number of rotatable bonds is 4. The van der Waals surface area contributed by atoms with Crippen LogP contribution in [-0.2, 0) is 4.74 Å². The molecule has 0 aliphatic carbocycles. The van der Waals surface area contributed by atoms with Crippen LogP contribution in [0.5, 0.6) is 0 Å². The molecule has 2 nitrogen and oxygen atoms in total. The molecule has 1 rings (SSSR count). The van der Waals surface area contributed by atoms with Gasteiger partial charge in [-0.05, 0) is 19.4 Å². The zero-order chi connectivity index (χ0) is 8.81. The lowest BCUT2D eigenvalue weighted by Gasteiger charge is -2.32. The van der Waals surface area contributed by atoms with E-state index in [9.17, 15) is 0 Å². The molecule has 12 heavy (non-hydrogen) atoms. The molecule has 0 aromatic heterocycles. The van der Waals surface area contributed by atoms with Crippen LogP contribution in [0.3, 0.4) is 0 Å². The number of hydrogen-bond donors (Lipinski definition) is 0. The topological polar surface area (TPSA) is 12.5 Å². The highest BCUT2D eigenvalue weighted by atomic mass is 16.5. The van der Waals surface area contributed by atoms with Gasteiger partial charge in [0.15, 0.2) is 0 Å². The number of hydrogen-bond acceptors (Lipinski definition) is 2. The molecule has 0 N–H and O–H groups in total. The highest BCUT2D eigenvalue weighted by molar-refractivity contribution is 4.70. The summed E-state index contributed by atoms with van der Waals surface area (Å²) in [5.41, 5.74) is 0. The monoisotopic (exact) mass is 171 g/mol. The van der Waals surface area contributed by atoms with Crippen molar-refractivity contribution in [3.05, 3.63) is 0 Å². The Morgan fingerprint density at radius 2 is 2.17 bits per heavy atom. The van der Waals surface area contributed by atoms with Gasteiger partial charge in [-0.25, -0.2) is 0 Å². The van der Waals surface area contributed by atoms with Gasteiger partial charge in [0.25, 0.3) is 0 Å². The van der Waals surface area contributed by atoms with Gasteiger partial charge in [0.1, 0.15) is 0 Å². The molecule has 1 saturated heterocycles. The van der Waals surface area contributed by atoms with Crippen LogP contribution in [0.25, 0.3) is 0 Å². The van der Waals surface area contributed by atoms with Gasteiger partial charge in [-0.3, -0.25) is 4.90 Å². The van der Waals surface area contributed by atoms with E-state index in [2.05, 4.69) is 18.7 Å². The molecule has 0 aromatic rings. The summed E-state index contributed by atoms with van der Waals surface area (Å²) < 4.78 is 5.65. The Morgan fingerprint density at radius 1 is 1.33 bits per heavy atom. The van der Waals surface area contributed by atoms with E-state index in [4.69, 9.17) is 4.74 Å². The first-order chi connectivity index (χ1) is 5.86. The number of ether oxygens (including phenoxy) is 1. The standard InChI is InChI=1S/C10H21NO/c1-3-5-10-9-11(6-4-2)7-8-12-10/h10H,3-9H2,1-2H3/t10-/m0/s1. The lowest BCUT2D eigenvalue weighted by Crippen LogP contribution is -2.42. The maximum Gasteiger partial charge on any atom is 0.0702 e. The zero-order valence-electron chi connectivity index (χ0n) is 8.38. The molecule has 0 saturated carbocycles. The molecule has 1 aliphatic heterocycles. The Bertz CT molecular complexity index is 100. The van der Waals surface area contributed by atoms with E-state index in [0.717, 1.165) is 19.7 Å². The Hall–Kier alpha value is -0.0800. The Morgan fingerprint density at radius 3 is 2.83 bits per heavy atom. The molecule has 1 fully saturated rings. The molecule has 2 heteroatoms. The molecule has 0 unspecified atom stereocenters. The van der Waals surface area contributed by atoms with Crippen molar-refractivity contribution < 1.29 is 4.74 Å². The van der Waals surface area contributed by atoms with Gasteiger partial charge in [0.2, 0.25) is 0 Å². The summed E-state index contributed by atoms with van der Waals surface area (Å²) >= 11 is 0. The molecule has 1 aliphatic rings. The van der Waals surface area contributed by atoms with Gasteiger partial charge in [0.05, 0.1) is 12.7 Å². The molecular weight excluding hydrogens is 150 g/mol. The lowest BCUT2D eigenvalue weighted by molar-refractivity contribution is -0.0320. The molecule has 0 aromatic carbocycles. The fourth-order valence-electron chi connectivity index (χ4n) is 1.80. The molecular formula is C10H21NO. The average molecular weight is 171 g/mol. The zero-order valence-corrected chi connectivity index (χ0v) is 8.38. The van der Waals surface area contributed by atoms with Crippen LogP contribution in [0.15, 0.2) is 0 Å². The second kappa shape index (κ2) is 5.55. The first kappa shape index (κ1) is 10.0. The van der Waals surface area contributed by atoms with Crippen molar-refractivity contribution >= 4 is 0 Å². The predicted molar refractivity (Wildman–Crippen MR) is 51.4 cm³/mol. The van der Waals surface area contributed by atoms with E-state index < -0.39 is 0 Å². The molecule has 1 atom stereocenters. The maximum atomic E-state index is 5.65. The quantitative estimate of drug-likeness (QED) is 0.640. The van der Waals surface area contributed by atoms with Gasteiger partial charge >= 0.3 is 0 Å².